The number of amides is 1. The maximum absolute atomic E-state index is 12.3. The van der Waals surface area contributed by atoms with Crippen LogP contribution in [-0.2, 0) is 4.79 Å². The van der Waals surface area contributed by atoms with E-state index in [-0.39, 0.29) is 17.4 Å². The minimum Gasteiger partial charge on any atom is -0.393 e. The number of rotatable bonds is 4. The van der Waals surface area contributed by atoms with Gasteiger partial charge in [0, 0.05) is 13.1 Å². The monoisotopic (exact) mass is 254 g/mol. The number of hydrogen-bond donors (Lipinski definition) is 3. The van der Waals surface area contributed by atoms with Crippen LogP contribution < -0.4 is 10.6 Å². The van der Waals surface area contributed by atoms with E-state index in [1.165, 1.54) is 0 Å². The minimum atomic E-state index is -0.187. The molecule has 2 fully saturated rings. The van der Waals surface area contributed by atoms with Crippen LogP contribution in [0.15, 0.2) is 0 Å². The Bertz CT molecular complexity index is 288. The van der Waals surface area contributed by atoms with Gasteiger partial charge < -0.3 is 15.7 Å². The largest absolute Gasteiger partial charge is 0.393 e. The fourth-order valence-electron chi connectivity index (χ4n) is 3.27. The smallest absolute Gasteiger partial charge is 0.227 e. The van der Waals surface area contributed by atoms with Crippen molar-refractivity contribution >= 4 is 5.91 Å². The van der Waals surface area contributed by atoms with Crippen LogP contribution in [0.5, 0.6) is 0 Å². The van der Waals surface area contributed by atoms with Gasteiger partial charge >= 0.3 is 0 Å². The van der Waals surface area contributed by atoms with Gasteiger partial charge in [-0.15, -0.1) is 0 Å². The zero-order chi connectivity index (χ0) is 13.0. The van der Waals surface area contributed by atoms with Gasteiger partial charge in [-0.2, -0.15) is 0 Å². The van der Waals surface area contributed by atoms with Gasteiger partial charge in [0.05, 0.1) is 11.5 Å². The van der Waals surface area contributed by atoms with Crippen molar-refractivity contribution in [1.29, 1.82) is 0 Å². The summed E-state index contributed by atoms with van der Waals surface area (Å²) >= 11 is 0. The summed E-state index contributed by atoms with van der Waals surface area (Å²) in [5.41, 5.74) is -0.187. The molecule has 0 aromatic heterocycles. The van der Waals surface area contributed by atoms with Crippen LogP contribution >= 0.6 is 0 Å². The number of carbonyl (C=O) groups is 1. The zero-order valence-electron chi connectivity index (χ0n) is 11.4. The molecule has 2 aliphatic rings. The lowest BCUT2D eigenvalue weighted by atomic mass is 9.82. The lowest BCUT2D eigenvalue weighted by Gasteiger charge is -2.29. The Kier molecular flexibility index (Phi) is 4.62. The third-order valence-corrected chi connectivity index (χ3v) is 4.71. The highest BCUT2D eigenvalue weighted by Crippen LogP contribution is 2.30. The van der Waals surface area contributed by atoms with E-state index in [0.717, 1.165) is 58.2 Å². The van der Waals surface area contributed by atoms with E-state index in [4.69, 9.17) is 0 Å². The van der Waals surface area contributed by atoms with Crippen LogP contribution in [0.2, 0.25) is 0 Å². The van der Waals surface area contributed by atoms with E-state index in [1.54, 1.807) is 0 Å². The summed E-state index contributed by atoms with van der Waals surface area (Å²) in [7, 11) is 0. The van der Waals surface area contributed by atoms with Crippen LogP contribution in [0.4, 0.5) is 0 Å². The van der Waals surface area contributed by atoms with Crippen LogP contribution in [0.3, 0.4) is 0 Å². The Morgan fingerprint density at radius 2 is 2.33 bits per heavy atom. The maximum Gasteiger partial charge on any atom is 0.227 e. The minimum absolute atomic E-state index is 0.158. The van der Waals surface area contributed by atoms with Gasteiger partial charge in [0.15, 0.2) is 0 Å². The molecule has 0 radical (unpaired) electrons. The second-order valence-corrected chi connectivity index (χ2v) is 5.96. The van der Waals surface area contributed by atoms with Crippen molar-refractivity contribution in [2.75, 3.05) is 19.6 Å². The summed E-state index contributed by atoms with van der Waals surface area (Å²) in [5, 5.41) is 16.0. The SMILES string of the molecule is CCC1(C(=O)NCC2CCCC(O)C2)CCNC1. The van der Waals surface area contributed by atoms with E-state index in [2.05, 4.69) is 17.6 Å². The highest BCUT2D eigenvalue weighted by Gasteiger charge is 2.39. The highest BCUT2D eigenvalue weighted by molar-refractivity contribution is 5.83. The fraction of sp³-hybridized carbons (Fsp3) is 0.929. The molecule has 0 bridgehead atoms. The second kappa shape index (κ2) is 6.02. The molecule has 0 aromatic carbocycles. The molecule has 1 saturated carbocycles. The Morgan fingerprint density at radius 3 is 2.94 bits per heavy atom. The molecular formula is C14H26N2O2. The first-order valence-corrected chi connectivity index (χ1v) is 7.33. The molecule has 2 rings (SSSR count). The summed E-state index contributed by atoms with van der Waals surface area (Å²) in [6, 6.07) is 0. The topological polar surface area (TPSA) is 61.4 Å². The summed E-state index contributed by atoms with van der Waals surface area (Å²) in [6.45, 7) is 4.58. The average molecular weight is 254 g/mol. The van der Waals surface area contributed by atoms with Gasteiger partial charge in [0.25, 0.3) is 0 Å². The summed E-state index contributed by atoms with van der Waals surface area (Å²) in [4.78, 5) is 12.3. The quantitative estimate of drug-likeness (QED) is 0.702. The van der Waals surface area contributed by atoms with Gasteiger partial charge in [0.2, 0.25) is 5.91 Å². The van der Waals surface area contributed by atoms with Crippen LogP contribution in [0.25, 0.3) is 0 Å². The molecule has 1 aliphatic heterocycles. The molecule has 4 nitrogen and oxygen atoms in total. The average Bonchev–Trinajstić information content (AvgIpc) is 2.86. The third kappa shape index (κ3) is 3.04. The molecular weight excluding hydrogens is 228 g/mol. The summed E-state index contributed by atoms with van der Waals surface area (Å²) in [5.74, 6) is 0.663. The predicted molar refractivity (Wildman–Crippen MR) is 71.2 cm³/mol. The molecule has 3 atom stereocenters. The van der Waals surface area contributed by atoms with Crippen molar-refractivity contribution < 1.29 is 9.90 Å². The molecule has 0 spiro atoms. The standard InChI is InChI=1S/C14H26N2O2/c1-2-14(6-7-15-10-14)13(18)16-9-11-4-3-5-12(17)8-11/h11-12,15,17H,2-10H2,1H3,(H,16,18). The Labute approximate surface area is 110 Å². The van der Waals surface area contributed by atoms with Crippen molar-refractivity contribution in [2.45, 2.75) is 51.6 Å². The first-order chi connectivity index (χ1) is 8.66. The molecule has 4 heteroatoms. The Balaban J connectivity index is 1.80. The molecule has 1 heterocycles. The van der Waals surface area contributed by atoms with Gasteiger partial charge in [-0.3, -0.25) is 4.79 Å². The number of nitrogens with one attached hydrogen (secondary N) is 2. The first-order valence-electron chi connectivity index (χ1n) is 7.33. The van der Waals surface area contributed by atoms with E-state index in [1.807, 2.05) is 0 Å². The first kappa shape index (κ1) is 13.8. The van der Waals surface area contributed by atoms with Crippen molar-refractivity contribution in [3.8, 4) is 0 Å². The molecule has 18 heavy (non-hydrogen) atoms. The molecule has 0 aromatic rings. The van der Waals surface area contributed by atoms with Gasteiger partial charge in [-0.1, -0.05) is 13.3 Å². The van der Waals surface area contributed by atoms with Gasteiger partial charge in [-0.25, -0.2) is 0 Å². The van der Waals surface area contributed by atoms with E-state index in [9.17, 15) is 9.90 Å². The van der Waals surface area contributed by atoms with Gasteiger partial charge in [-0.05, 0) is 44.6 Å². The molecule has 104 valence electrons. The molecule has 1 saturated heterocycles. The second-order valence-electron chi connectivity index (χ2n) is 5.96. The Hall–Kier alpha value is -0.610. The van der Waals surface area contributed by atoms with Crippen LogP contribution in [0, 0.1) is 11.3 Å². The van der Waals surface area contributed by atoms with E-state index in [0.29, 0.717) is 5.92 Å². The number of carbonyl (C=O) groups excluding carboxylic acids is 1. The number of aliphatic hydroxyl groups is 1. The van der Waals surface area contributed by atoms with Crippen LogP contribution in [-0.4, -0.2) is 36.8 Å². The third-order valence-electron chi connectivity index (χ3n) is 4.71. The maximum atomic E-state index is 12.3. The number of aliphatic hydroxyl groups excluding tert-OH is 1. The fourth-order valence-corrected chi connectivity index (χ4v) is 3.27. The van der Waals surface area contributed by atoms with Crippen molar-refractivity contribution in [3.05, 3.63) is 0 Å². The Morgan fingerprint density at radius 1 is 1.50 bits per heavy atom. The van der Waals surface area contributed by atoms with Crippen molar-refractivity contribution in [3.63, 3.8) is 0 Å². The van der Waals surface area contributed by atoms with Crippen LogP contribution in [0.1, 0.15) is 45.4 Å². The predicted octanol–water partition coefficient (Wildman–Crippen LogP) is 1.04. The van der Waals surface area contributed by atoms with Crippen molar-refractivity contribution in [1.82, 2.24) is 10.6 Å². The lowest BCUT2D eigenvalue weighted by Crippen LogP contribution is -2.44. The molecule has 3 unspecified atom stereocenters. The molecule has 1 amide bonds. The summed E-state index contributed by atoms with van der Waals surface area (Å²) in [6.07, 6.45) is 5.68. The molecule has 3 N–H and O–H groups in total. The highest BCUT2D eigenvalue weighted by atomic mass is 16.3. The van der Waals surface area contributed by atoms with E-state index < -0.39 is 0 Å². The molecule has 1 aliphatic carbocycles. The van der Waals surface area contributed by atoms with Crippen molar-refractivity contribution in [2.24, 2.45) is 11.3 Å². The number of hydrogen-bond acceptors (Lipinski definition) is 3. The normalized spacial score (nSPS) is 36.6. The van der Waals surface area contributed by atoms with Gasteiger partial charge in [0.1, 0.15) is 0 Å². The summed E-state index contributed by atoms with van der Waals surface area (Å²) < 4.78 is 0. The zero-order valence-corrected chi connectivity index (χ0v) is 11.4. The lowest BCUT2D eigenvalue weighted by molar-refractivity contribution is -0.130. The van der Waals surface area contributed by atoms with E-state index >= 15 is 0 Å².